The van der Waals surface area contributed by atoms with Crippen LogP contribution in [-0.2, 0) is 13.8 Å². The Morgan fingerprint density at radius 2 is 2.11 bits per heavy atom. The monoisotopic (exact) mass is 289 g/mol. The van der Waals surface area contributed by atoms with Crippen LogP contribution in [0.25, 0.3) is 0 Å². The average molecular weight is 290 g/mol. The highest BCUT2D eigenvalue weighted by molar-refractivity contribution is 8.13. The van der Waals surface area contributed by atoms with E-state index >= 15 is 0 Å². The summed E-state index contributed by atoms with van der Waals surface area (Å²) in [4.78, 5) is 13.2. The number of benzene rings is 1. The lowest BCUT2D eigenvalue weighted by atomic mass is 10.2. The van der Waals surface area contributed by atoms with Gasteiger partial charge in [0.2, 0.25) is 5.91 Å². The minimum Gasteiger partial charge on any atom is -0.495 e. The van der Waals surface area contributed by atoms with Crippen molar-refractivity contribution in [2.75, 3.05) is 18.6 Å². The number of methoxy groups -OCH3 is 1. The standard InChI is InChI=1S/C11H12ClNO4S/c1-17-10-5-4-8(18(12,15)16)7-9(10)13-6-2-3-11(13)14/h4-5,7H,2-3,6H2,1H3. The van der Waals surface area contributed by atoms with Crippen LogP contribution in [0.2, 0.25) is 0 Å². The van der Waals surface area contributed by atoms with E-state index in [1.807, 2.05) is 0 Å². The first-order chi connectivity index (χ1) is 8.43. The van der Waals surface area contributed by atoms with Crippen molar-refractivity contribution >= 4 is 31.3 Å². The van der Waals surface area contributed by atoms with Gasteiger partial charge in [-0.2, -0.15) is 0 Å². The number of hydrogen-bond acceptors (Lipinski definition) is 4. The minimum absolute atomic E-state index is 0.0420. The number of carbonyl (C=O) groups excluding carboxylic acids is 1. The largest absolute Gasteiger partial charge is 0.495 e. The molecule has 1 aliphatic heterocycles. The van der Waals surface area contributed by atoms with Gasteiger partial charge in [0, 0.05) is 23.6 Å². The Morgan fingerprint density at radius 3 is 2.61 bits per heavy atom. The number of anilines is 1. The molecular formula is C11H12ClNO4S. The van der Waals surface area contributed by atoms with Crippen LogP contribution in [0.3, 0.4) is 0 Å². The van der Waals surface area contributed by atoms with Gasteiger partial charge in [-0.1, -0.05) is 0 Å². The molecule has 0 spiro atoms. The van der Waals surface area contributed by atoms with Crippen LogP contribution in [0.5, 0.6) is 5.75 Å². The maximum Gasteiger partial charge on any atom is 0.261 e. The van der Waals surface area contributed by atoms with Crippen molar-refractivity contribution in [1.82, 2.24) is 0 Å². The zero-order valence-corrected chi connectivity index (χ0v) is 11.3. The van der Waals surface area contributed by atoms with Crippen LogP contribution in [0.1, 0.15) is 12.8 Å². The molecule has 98 valence electrons. The molecule has 1 fully saturated rings. The molecular weight excluding hydrogens is 278 g/mol. The smallest absolute Gasteiger partial charge is 0.261 e. The van der Waals surface area contributed by atoms with Crippen LogP contribution in [0.4, 0.5) is 5.69 Å². The summed E-state index contributed by atoms with van der Waals surface area (Å²) in [5.41, 5.74) is 0.446. The van der Waals surface area contributed by atoms with E-state index in [2.05, 4.69) is 0 Å². The Bertz CT molecular complexity index is 585. The fourth-order valence-corrected chi connectivity index (χ4v) is 2.71. The van der Waals surface area contributed by atoms with Gasteiger partial charge in [-0.05, 0) is 24.6 Å². The number of nitrogens with zero attached hydrogens (tertiary/aromatic N) is 1. The van der Waals surface area contributed by atoms with Gasteiger partial charge in [0.05, 0.1) is 17.7 Å². The normalized spacial score (nSPS) is 16.1. The second kappa shape index (κ2) is 4.78. The number of halogens is 1. The highest BCUT2D eigenvalue weighted by Gasteiger charge is 2.26. The lowest BCUT2D eigenvalue weighted by molar-refractivity contribution is -0.117. The fraction of sp³-hybridized carbons (Fsp3) is 0.364. The van der Waals surface area contributed by atoms with E-state index in [0.29, 0.717) is 24.4 Å². The molecule has 0 aromatic heterocycles. The van der Waals surface area contributed by atoms with Gasteiger partial charge in [0.25, 0.3) is 9.05 Å². The molecule has 0 aliphatic carbocycles. The first-order valence-corrected chi connectivity index (χ1v) is 7.67. The molecule has 0 radical (unpaired) electrons. The number of hydrogen-bond donors (Lipinski definition) is 0. The predicted octanol–water partition coefficient (Wildman–Crippen LogP) is 1.75. The van der Waals surface area contributed by atoms with Crippen molar-refractivity contribution in [2.24, 2.45) is 0 Å². The van der Waals surface area contributed by atoms with Crippen LogP contribution in [0, 0.1) is 0 Å². The Balaban J connectivity index is 2.52. The third-order valence-electron chi connectivity index (χ3n) is 2.80. The summed E-state index contributed by atoms with van der Waals surface area (Å²) in [5, 5.41) is 0. The van der Waals surface area contributed by atoms with E-state index in [0.717, 1.165) is 6.42 Å². The molecule has 1 saturated heterocycles. The third-order valence-corrected chi connectivity index (χ3v) is 4.15. The van der Waals surface area contributed by atoms with Crippen molar-refractivity contribution < 1.29 is 17.9 Å². The first kappa shape index (κ1) is 13.2. The molecule has 0 saturated carbocycles. The van der Waals surface area contributed by atoms with Crippen LogP contribution in [-0.4, -0.2) is 28.0 Å². The van der Waals surface area contributed by atoms with E-state index < -0.39 is 9.05 Å². The van der Waals surface area contributed by atoms with Gasteiger partial charge in [-0.15, -0.1) is 0 Å². The van der Waals surface area contributed by atoms with Crippen LogP contribution >= 0.6 is 10.7 Å². The summed E-state index contributed by atoms with van der Waals surface area (Å²) < 4.78 is 27.7. The second-order valence-corrected chi connectivity index (χ2v) is 6.49. The van der Waals surface area contributed by atoms with Gasteiger partial charge < -0.3 is 9.64 Å². The number of rotatable bonds is 3. The topological polar surface area (TPSA) is 63.7 Å². The quantitative estimate of drug-likeness (QED) is 0.795. The van der Waals surface area contributed by atoms with Gasteiger partial charge in [0.1, 0.15) is 5.75 Å². The molecule has 1 aliphatic rings. The third kappa shape index (κ3) is 2.44. The molecule has 1 amide bonds. The molecule has 0 bridgehead atoms. The van der Waals surface area contributed by atoms with Crippen LogP contribution < -0.4 is 9.64 Å². The van der Waals surface area contributed by atoms with E-state index in [1.165, 1.54) is 30.2 Å². The van der Waals surface area contributed by atoms with Gasteiger partial charge in [-0.25, -0.2) is 8.42 Å². The number of carbonyl (C=O) groups is 1. The Labute approximate surface area is 110 Å². The zero-order chi connectivity index (χ0) is 13.3. The molecule has 1 heterocycles. The molecule has 5 nitrogen and oxygen atoms in total. The Hall–Kier alpha value is -1.27. The molecule has 0 N–H and O–H groups in total. The lowest BCUT2D eigenvalue weighted by Crippen LogP contribution is -2.24. The Morgan fingerprint density at radius 1 is 1.39 bits per heavy atom. The number of amides is 1. The number of ether oxygens (including phenoxy) is 1. The first-order valence-electron chi connectivity index (χ1n) is 5.36. The fourth-order valence-electron chi connectivity index (χ4n) is 1.94. The summed E-state index contributed by atoms with van der Waals surface area (Å²) in [7, 11) is 2.94. The van der Waals surface area contributed by atoms with Crippen molar-refractivity contribution in [3.63, 3.8) is 0 Å². The summed E-state index contributed by atoms with van der Waals surface area (Å²) in [6.45, 7) is 0.557. The highest BCUT2D eigenvalue weighted by Crippen LogP contribution is 2.34. The molecule has 2 rings (SSSR count). The van der Waals surface area contributed by atoms with Crippen molar-refractivity contribution in [3.05, 3.63) is 18.2 Å². The maximum absolute atomic E-state index is 11.7. The summed E-state index contributed by atoms with van der Waals surface area (Å²) in [6, 6.07) is 4.21. The predicted molar refractivity (Wildman–Crippen MR) is 67.6 cm³/mol. The summed E-state index contributed by atoms with van der Waals surface area (Å²) in [5.74, 6) is 0.409. The second-order valence-electron chi connectivity index (χ2n) is 3.92. The summed E-state index contributed by atoms with van der Waals surface area (Å²) in [6.07, 6.45) is 1.21. The average Bonchev–Trinajstić information content (AvgIpc) is 2.73. The molecule has 1 aromatic carbocycles. The SMILES string of the molecule is COc1ccc(S(=O)(=O)Cl)cc1N1CCCC1=O. The van der Waals surface area contributed by atoms with Gasteiger partial charge in [0.15, 0.2) is 0 Å². The van der Waals surface area contributed by atoms with E-state index in [4.69, 9.17) is 15.4 Å². The molecule has 0 atom stereocenters. The minimum atomic E-state index is -3.82. The molecule has 0 unspecified atom stereocenters. The Kier molecular flexibility index (Phi) is 3.49. The molecule has 7 heteroatoms. The molecule has 1 aromatic rings. The molecule has 18 heavy (non-hydrogen) atoms. The van der Waals surface area contributed by atoms with Crippen LogP contribution in [0.15, 0.2) is 23.1 Å². The van der Waals surface area contributed by atoms with Crippen molar-refractivity contribution in [3.8, 4) is 5.75 Å². The zero-order valence-electron chi connectivity index (χ0n) is 9.72. The van der Waals surface area contributed by atoms with Crippen molar-refractivity contribution in [1.29, 1.82) is 0 Å². The maximum atomic E-state index is 11.7. The van der Waals surface area contributed by atoms with Gasteiger partial charge in [-0.3, -0.25) is 4.79 Å². The highest BCUT2D eigenvalue weighted by atomic mass is 35.7. The van der Waals surface area contributed by atoms with E-state index in [1.54, 1.807) is 0 Å². The van der Waals surface area contributed by atoms with Crippen molar-refractivity contribution in [2.45, 2.75) is 17.7 Å². The van der Waals surface area contributed by atoms with Gasteiger partial charge >= 0.3 is 0 Å². The van der Waals surface area contributed by atoms with E-state index in [9.17, 15) is 13.2 Å². The van der Waals surface area contributed by atoms with E-state index in [-0.39, 0.29) is 10.8 Å². The lowest BCUT2D eigenvalue weighted by Gasteiger charge is -2.19. The summed E-state index contributed by atoms with van der Waals surface area (Å²) >= 11 is 0.